The largest absolute Gasteiger partial charge is 0.0649 e. The normalized spacial score (nSPS) is 40.4. The summed E-state index contributed by atoms with van der Waals surface area (Å²) in [5.41, 5.74) is 1.82. The zero-order valence-corrected chi connectivity index (χ0v) is 17.1. The van der Waals surface area contributed by atoms with Crippen molar-refractivity contribution in [2.75, 3.05) is 0 Å². The second kappa shape index (κ2) is 7.49. The van der Waals surface area contributed by atoms with Gasteiger partial charge in [-0.1, -0.05) is 67.2 Å². The molecule has 2 saturated carbocycles. The van der Waals surface area contributed by atoms with Crippen molar-refractivity contribution in [3.05, 3.63) is 0 Å². The molecule has 0 amide bonds. The average molecular weight is 321 g/mol. The highest BCUT2D eigenvalue weighted by atomic mass is 14.5. The molecular formula is C23H44. The Morgan fingerprint density at radius 1 is 0.696 bits per heavy atom. The van der Waals surface area contributed by atoms with E-state index in [4.69, 9.17) is 0 Å². The minimum atomic E-state index is 0.554. The summed E-state index contributed by atoms with van der Waals surface area (Å²) in [4.78, 5) is 0. The molecular weight excluding hydrogens is 276 g/mol. The highest BCUT2D eigenvalue weighted by Crippen LogP contribution is 2.52. The summed E-state index contributed by atoms with van der Waals surface area (Å²) in [6, 6.07) is 0. The molecule has 0 aromatic heterocycles. The quantitative estimate of drug-likeness (QED) is 0.460. The highest BCUT2D eigenvalue weighted by molar-refractivity contribution is 4.91. The highest BCUT2D eigenvalue weighted by Gasteiger charge is 2.41. The molecule has 0 aliphatic heterocycles. The van der Waals surface area contributed by atoms with Gasteiger partial charge in [-0.15, -0.1) is 0 Å². The van der Waals surface area contributed by atoms with Crippen molar-refractivity contribution >= 4 is 0 Å². The fourth-order valence-electron chi connectivity index (χ4n) is 5.66. The molecule has 0 heteroatoms. The lowest BCUT2D eigenvalue weighted by Crippen LogP contribution is -2.33. The van der Waals surface area contributed by atoms with Gasteiger partial charge in [0.1, 0.15) is 0 Å². The third-order valence-corrected chi connectivity index (χ3v) is 8.67. The first-order valence-corrected chi connectivity index (χ1v) is 10.7. The summed E-state index contributed by atoms with van der Waals surface area (Å²) in [5.74, 6) is 1.93. The maximum Gasteiger partial charge on any atom is -0.0298 e. The standard InChI is InChI=1S/C23H44/c1-7-22(5)15-9-11-19(13-17-22)21(3,4)20-12-10-16-23(6,8-2)18-14-20/h19-20H,7-18H2,1-6H3. The predicted octanol–water partition coefficient (Wildman–Crippen LogP) is 8.01. The third-order valence-electron chi connectivity index (χ3n) is 8.67. The first kappa shape index (κ1) is 19.3. The Labute approximate surface area is 147 Å². The molecule has 0 nitrogen and oxygen atoms in total. The lowest BCUT2D eigenvalue weighted by atomic mass is 9.64. The van der Waals surface area contributed by atoms with Gasteiger partial charge in [-0.05, 0) is 79.4 Å². The van der Waals surface area contributed by atoms with Crippen LogP contribution in [0.4, 0.5) is 0 Å². The van der Waals surface area contributed by atoms with E-state index in [-0.39, 0.29) is 0 Å². The third kappa shape index (κ3) is 4.55. The maximum absolute atomic E-state index is 2.63. The molecule has 2 rings (SSSR count). The summed E-state index contributed by atoms with van der Waals surface area (Å²) < 4.78 is 0. The first-order valence-electron chi connectivity index (χ1n) is 10.7. The molecule has 0 spiro atoms. The summed E-state index contributed by atoms with van der Waals surface area (Å²) in [7, 11) is 0. The van der Waals surface area contributed by atoms with Crippen LogP contribution in [0.5, 0.6) is 0 Å². The molecule has 0 bridgehead atoms. The molecule has 2 fully saturated rings. The van der Waals surface area contributed by atoms with Crippen molar-refractivity contribution in [3.63, 3.8) is 0 Å². The SMILES string of the molecule is CCC1(C)CCCC(C(C)(C)C2CCCC(C)(CC)CC2)CC1. The van der Waals surface area contributed by atoms with Crippen LogP contribution in [0, 0.1) is 28.1 Å². The first-order chi connectivity index (χ1) is 10.7. The Hall–Kier alpha value is 0. The van der Waals surface area contributed by atoms with E-state index in [2.05, 4.69) is 41.5 Å². The molecule has 2 aliphatic rings. The molecule has 0 heterocycles. The topological polar surface area (TPSA) is 0 Å². The second-order valence-electron chi connectivity index (χ2n) is 10.4. The molecule has 0 saturated heterocycles. The average Bonchev–Trinajstić information content (AvgIpc) is 2.85. The fourth-order valence-corrected chi connectivity index (χ4v) is 5.66. The number of hydrogen-bond acceptors (Lipinski definition) is 0. The summed E-state index contributed by atoms with van der Waals surface area (Å²) in [6.07, 6.45) is 17.5. The monoisotopic (exact) mass is 320 g/mol. The van der Waals surface area contributed by atoms with Gasteiger partial charge >= 0.3 is 0 Å². The van der Waals surface area contributed by atoms with E-state index >= 15 is 0 Å². The van der Waals surface area contributed by atoms with Gasteiger partial charge < -0.3 is 0 Å². The van der Waals surface area contributed by atoms with Crippen LogP contribution in [0.2, 0.25) is 0 Å². The smallest absolute Gasteiger partial charge is 0.0298 e. The molecule has 0 N–H and O–H groups in total. The Bertz CT molecular complexity index is 334. The minimum absolute atomic E-state index is 0.554. The van der Waals surface area contributed by atoms with Crippen molar-refractivity contribution in [1.29, 1.82) is 0 Å². The van der Waals surface area contributed by atoms with Gasteiger partial charge in [-0.2, -0.15) is 0 Å². The van der Waals surface area contributed by atoms with E-state index in [0.717, 1.165) is 11.8 Å². The molecule has 2 aliphatic carbocycles. The molecule has 136 valence electrons. The fraction of sp³-hybridized carbons (Fsp3) is 1.00. The van der Waals surface area contributed by atoms with E-state index in [9.17, 15) is 0 Å². The summed E-state index contributed by atoms with van der Waals surface area (Å²) >= 11 is 0. The molecule has 4 unspecified atom stereocenters. The molecule has 0 aromatic rings. The number of rotatable bonds is 4. The zero-order valence-electron chi connectivity index (χ0n) is 17.1. The van der Waals surface area contributed by atoms with Crippen molar-refractivity contribution in [1.82, 2.24) is 0 Å². The van der Waals surface area contributed by atoms with E-state index in [0.29, 0.717) is 16.2 Å². The van der Waals surface area contributed by atoms with Crippen LogP contribution in [-0.2, 0) is 0 Å². The van der Waals surface area contributed by atoms with Crippen LogP contribution in [0.1, 0.15) is 119 Å². The lowest BCUT2D eigenvalue weighted by Gasteiger charge is -2.41. The van der Waals surface area contributed by atoms with Gasteiger partial charge in [0.25, 0.3) is 0 Å². The van der Waals surface area contributed by atoms with E-state index in [1.54, 1.807) is 0 Å². The lowest BCUT2D eigenvalue weighted by molar-refractivity contribution is 0.0829. The van der Waals surface area contributed by atoms with Gasteiger partial charge in [0.15, 0.2) is 0 Å². The van der Waals surface area contributed by atoms with Crippen LogP contribution < -0.4 is 0 Å². The Morgan fingerprint density at radius 2 is 1.09 bits per heavy atom. The zero-order chi connectivity index (χ0) is 17.1. The van der Waals surface area contributed by atoms with Crippen LogP contribution in [0.15, 0.2) is 0 Å². The van der Waals surface area contributed by atoms with Gasteiger partial charge in [0, 0.05) is 0 Å². The second-order valence-corrected chi connectivity index (χ2v) is 10.4. The van der Waals surface area contributed by atoms with Crippen LogP contribution in [-0.4, -0.2) is 0 Å². The van der Waals surface area contributed by atoms with Gasteiger partial charge in [0.2, 0.25) is 0 Å². The predicted molar refractivity (Wildman–Crippen MR) is 104 cm³/mol. The molecule has 0 aromatic carbocycles. The summed E-state index contributed by atoms with van der Waals surface area (Å²) in [5, 5.41) is 0. The van der Waals surface area contributed by atoms with Crippen molar-refractivity contribution in [2.45, 2.75) is 119 Å². The molecule has 23 heavy (non-hydrogen) atoms. The van der Waals surface area contributed by atoms with E-state index in [1.165, 1.54) is 77.0 Å². The van der Waals surface area contributed by atoms with E-state index in [1.807, 2.05) is 0 Å². The van der Waals surface area contributed by atoms with Crippen LogP contribution >= 0.6 is 0 Å². The maximum atomic E-state index is 2.63. The Balaban J connectivity index is 2.03. The summed E-state index contributed by atoms with van der Waals surface area (Å²) in [6.45, 7) is 15.2. The Kier molecular flexibility index (Phi) is 6.29. The molecule has 4 atom stereocenters. The van der Waals surface area contributed by atoms with Crippen LogP contribution in [0.3, 0.4) is 0 Å². The van der Waals surface area contributed by atoms with Gasteiger partial charge in [-0.3, -0.25) is 0 Å². The van der Waals surface area contributed by atoms with Crippen LogP contribution in [0.25, 0.3) is 0 Å². The van der Waals surface area contributed by atoms with Gasteiger partial charge in [-0.25, -0.2) is 0 Å². The van der Waals surface area contributed by atoms with Gasteiger partial charge in [0.05, 0.1) is 0 Å². The minimum Gasteiger partial charge on any atom is -0.0649 e. The Morgan fingerprint density at radius 3 is 1.43 bits per heavy atom. The molecule has 0 radical (unpaired) electrons. The van der Waals surface area contributed by atoms with Crippen molar-refractivity contribution in [3.8, 4) is 0 Å². The van der Waals surface area contributed by atoms with Crippen molar-refractivity contribution in [2.24, 2.45) is 28.1 Å². The van der Waals surface area contributed by atoms with Crippen molar-refractivity contribution < 1.29 is 0 Å². The number of hydrogen-bond donors (Lipinski definition) is 0. The van der Waals surface area contributed by atoms with E-state index < -0.39 is 0 Å².